The van der Waals surface area contributed by atoms with E-state index in [4.69, 9.17) is 24.4 Å². The van der Waals surface area contributed by atoms with E-state index in [-0.39, 0.29) is 0 Å². The van der Waals surface area contributed by atoms with Crippen LogP contribution in [0.25, 0.3) is 100 Å². The van der Waals surface area contributed by atoms with Crippen molar-refractivity contribution in [2.45, 2.75) is 0 Å². The van der Waals surface area contributed by atoms with E-state index in [2.05, 4.69) is 91.0 Å². The molecule has 3 aromatic heterocycles. The van der Waals surface area contributed by atoms with Crippen LogP contribution in [0.5, 0.6) is 0 Å². The van der Waals surface area contributed by atoms with Crippen molar-refractivity contribution < 1.29 is 4.42 Å². The van der Waals surface area contributed by atoms with Gasteiger partial charge in [0.2, 0.25) is 0 Å². The van der Waals surface area contributed by atoms with Crippen LogP contribution >= 0.6 is 0 Å². The number of benzene rings is 7. The number of pyridine rings is 1. The van der Waals surface area contributed by atoms with Crippen LogP contribution < -0.4 is 0 Å². The molecule has 0 N–H and O–H groups in total. The third-order valence-electron chi connectivity index (χ3n) is 9.51. The SMILES string of the molecule is c1ccc(-c2nc(-c3ccccc3)nc(-c3ccccc3-c3ccc(-c4ccc5ccccc5c4)c4oc5cc6ccccc6nc5c34)n2)cc1. The smallest absolute Gasteiger partial charge is 0.164 e. The van der Waals surface area contributed by atoms with Crippen LogP contribution in [0.15, 0.2) is 174 Å². The minimum atomic E-state index is 0.594. The first-order valence-corrected chi connectivity index (χ1v) is 17.0. The number of rotatable bonds is 5. The van der Waals surface area contributed by atoms with Crippen molar-refractivity contribution in [3.05, 3.63) is 170 Å². The molecule has 0 bridgehead atoms. The largest absolute Gasteiger partial charge is 0.454 e. The Hall–Kier alpha value is -6.98. The lowest BCUT2D eigenvalue weighted by molar-refractivity contribution is 0.670. The molecule has 0 unspecified atom stereocenters. The fourth-order valence-electron chi connectivity index (χ4n) is 7.04. The van der Waals surface area contributed by atoms with Gasteiger partial charge in [-0.3, -0.25) is 0 Å². The molecular formula is C46H28N4O. The summed E-state index contributed by atoms with van der Waals surface area (Å²) >= 11 is 0. The van der Waals surface area contributed by atoms with E-state index >= 15 is 0 Å². The summed E-state index contributed by atoms with van der Waals surface area (Å²) < 4.78 is 6.82. The molecular weight excluding hydrogens is 625 g/mol. The second-order valence-corrected chi connectivity index (χ2v) is 12.6. The minimum absolute atomic E-state index is 0.594. The fourth-order valence-corrected chi connectivity index (χ4v) is 7.04. The molecule has 0 spiro atoms. The molecule has 0 aliphatic carbocycles. The Kier molecular flexibility index (Phi) is 6.74. The Morgan fingerprint density at radius 1 is 0.353 bits per heavy atom. The molecule has 0 aliphatic heterocycles. The molecule has 5 heteroatoms. The Morgan fingerprint density at radius 3 is 1.69 bits per heavy atom. The van der Waals surface area contributed by atoms with Gasteiger partial charge in [-0.1, -0.05) is 146 Å². The molecule has 5 nitrogen and oxygen atoms in total. The summed E-state index contributed by atoms with van der Waals surface area (Å²) in [7, 11) is 0. The van der Waals surface area contributed by atoms with Crippen LogP contribution in [-0.2, 0) is 0 Å². The van der Waals surface area contributed by atoms with Crippen molar-refractivity contribution in [2.75, 3.05) is 0 Å². The number of nitrogens with zero attached hydrogens (tertiary/aromatic N) is 4. The zero-order chi connectivity index (χ0) is 33.7. The average Bonchev–Trinajstić information content (AvgIpc) is 3.58. The molecule has 3 heterocycles. The van der Waals surface area contributed by atoms with E-state index in [1.165, 1.54) is 10.8 Å². The fraction of sp³-hybridized carbons (Fsp3) is 0. The highest BCUT2D eigenvalue weighted by atomic mass is 16.3. The molecule has 0 fully saturated rings. The van der Waals surface area contributed by atoms with Gasteiger partial charge in [0.25, 0.3) is 0 Å². The number of fused-ring (bicyclic) bond motifs is 5. The third-order valence-corrected chi connectivity index (χ3v) is 9.51. The predicted octanol–water partition coefficient (Wildman–Crippen LogP) is 11.8. The Bertz CT molecular complexity index is 2860. The first-order valence-electron chi connectivity index (χ1n) is 17.0. The molecule has 0 aliphatic rings. The van der Waals surface area contributed by atoms with Gasteiger partial charge in [0, 0.05) is 27.6 Å². The lowest BCUT2D eigenvalue weighted by Crippen LogP contribution is -2.01. The molecule has 0 saturated carbocycles. The lowest BCUT2D eigenvalue weighted by atomic mass is 9.92. The molecule has 238 valence electrons. The van der Waals surface area contributed by atoms with Crippen LogP contribution in [-0.4, -0.2) is 19.9 Å². The van der Waals surface area contributed by atoms with Gasteiger partial charge >= 0.3 is 0 Å². The first kappa shape index (κ1) is 29.0. The first-order chi connectivity index (χ1) is 25.3. The van der Waals surface area contributed by atoms with E-state index in [9.17, 15) is 0 Å². The summed E-state index contributed by atoms with van der Waals surface area (Å²) in [6.07, 6.45) is 0. The van der Waals surface area contributed by atoms with Crippen LogP contribution in [0.4, 0.5) is 0 Å². The van der Waals surface area contributed by atoms with Gasteiger partial charge in [-0.25, -0.2) is 19.9 Å². The molecule has 10 rings (SSSR count). The highest BCUT2D eigenvalue weighted by Crippen LogP contribution is 2.44. The van der Waals surface area contributed by atoms with E-state index in [0.29, 0.717) is 17.5 Å². The summed E-state index contributed by atoms with van der Waals surface area (Å²) in [5, 5.41) is 4.36. The topological polar surface area (TPSA) is 64.7 Å². The van der Waals surface area contributed by atoms with E-state index in [0.717, 1.165) is 71.9 Å². The van der Waals surface area contributed by atoms with E-state index in [1.807, 2.05) is 78.9 Å². The summed E-state index contributed by atoms with van der Waals surface area (Å²) in [5.41, 5.74) is 10.1. The molecule has 0 amide bonds. The van der Waals surface area contributed by atoms with Crippen molar-refractivity contribution in [1.29, 1.82) is 0 Å². The highest BCUT2D eigenvalue weighted by molar-refractivity contribution is 6.17. The predicted molar refractivity (Wildman–Crippen MR) is 207 cm³/mol. The molecule has 10 aromatic rings. The maximum absolute atomic E-state index is 6.82. The van der Waals surface area contributed by atoms with Crippen molar-refractivity contribution in [3.8, 4) is 56.4 Å². The second-order valence-electron chi connectivity index (χ2n) is 12.6. The highest BCUT2D eigenvalue weighted by Gasteiger charge is 2.22. The second kappa shape index (κ2) is 11.9. The third kappa shape index (κ3) is 5.03. The standard InChI is InChI=1S/C46H28N4O/c1-3-14-30(15-4-1)44-48-45(31-16-5-2-6-17-31)50-46(49-44)38-21-11-10-20-36(38)37-26-25-35(33-24-23-29-13-7-8-18-32(29)27-33)43-41(37)42-40(51-43)28-34-19-9-12-22-39(34)47-42/h1-28H. The molecule has 0 saturated heterocycles. The number of hydrogen-bond donors (Lipinski definition) is 0. The summed E-state index contributed by atoms with van der Waals surface area (Å²) in [5.74, 6) is 1.83. The summed E-state index contributed by atoms with van der Waals surface area (Å²) in [6, 6.07) is 58.1. The number of furan rings is 1. The minimum Gasteiger partial charge on any atom is -0.454 e. The van der Waals surface area contributed by atoms with Gasteiger partial charge in [0.1, 0.15) is 11.1 Å². The van der Waals surface area contributed by atoms with E-state index < -0.39 is 0 Å². The van der Waals surface area contributed by atoms with Crippen molar-refractivity contribution in [1.82, 2.24) is 19.9 Å². The lowest BCUT2D eigenvalue weighted by Gasteiger charge is -2.14. The Morgan fingerprint density at radius 2 is 0.941 bits per heavy atom. The number of hydrogen-bond acceptors (Lipinski definition) is 5. The van der Waals surface area contributed by atoms with Crippen LogP contribution in [0, 0.1) is 0 Å². The van der Waals surface area contributed by atoms with Gasteiger partial charge < -0.3 is 4.42 Å². The molecule has 0 radical (unpaired) electrons. The Balaban J connectivity index is 1.25. The van der Waals surface area contributed by atoms with Gasteiger partial charge in [-0.15, -0.1) is 0 Å². The van der Waals surface area contributed by atoms with Crippen molar-refractivity contribution in [2.24, 2.45) is 0 Å². The van der Waals surface area contributed by atoms with Gasteiger partial charge in [0.05, 0.1) is 10.9 Å². The zero-order valence-electron chi connectivity index (χ0n) is 27.4. The normalized spacial score (nSPS) is 11.5. The average molecular weight is 653 g/mol. The van der Waals surface area contributed by atoms with Crippen LogP contribution in [0.2, 0.25) is 0 Å². The zero-order valence-corrected chi connectivity index (χ0v) is 27.4. The summed E-state index contributed by atoms with van der Waals surface area (Å²) in [6.45, 7) is 0. The maximum atomic E-state index is 6.82. The number of aromatic nitrogens is 4. The molecule has 0 atom stereocenters. The van der Waals surface area contributed by atoms with Crippen molar-refractivity contribution in [3.63, 3.8) is 0 Å². The molecule has 7 aromatic carbocycles. The van der Waals surface area contributed by atoms with E-state index in [1.54, 1.807) is 0 Å². The van der Waals surface area contributed by atoms with Gasteiger partial charge in [-0.2, -0.15) is 0 Å². The summed E-state index contributed by atoms with van der Waals surface area (Å²) in [4.78, 5) is 20.3. The molecule has 51 heavy (non-hydrogen) atoms. The van der Waals surface area contributed by atoms with Gasteiger partial charge in [-0.05, 0) is 51.7 Å². The van der Waals surface area contributed by atoms with Crippen LogP contribution in [0.1, 0.15) is 0 Å². The maximum Gasteiger partial charge on any atom is 0.164 e. The monoisotopic (exact) mass is 652 g/mol. The number of para-hydroxylation sites is 1. The quantitative estimate of drug-likeness (QED) is 0.185. The van der Waals surface area contributed by atoms with Gasteiger partial charge in [0.15, 0.2) is 23.1 Å². The van der Waals surface area contributed by atoms with Crippen LogP contribution in [0.3, 0.4) is 0 Å². The van der Waals surface area contributed by atoms with Crippen molar-refractivity contribution >= 4 is 43.7 Å². The Labute approximate surface area is 293 Å².